The minimum absolute atomic E-state index is 0. The molecule has 0 aliphatic rings. The Bertz CT molecular complexity index is 323. The maximum absolute atomic E-state index is 10.7. The van der Waals surface area contributed by atoms with Crippen LogP contribution >= 0.6 is 0 Å². The Hall–Kier alpha value is -0.113. The second kappa shape index (κ2) is 6.39. The van der Waals surface area contributed by atoms with Gasteiger partial charge in [0.1, 0.15) is 0 Å². The quantitative estimate of drug-likeness (QED) is 0.481. The van der Waals surface area contributed by atoms with Crippen molar-refractivity contribution in [1.29, 1.82) is 0 Å². The van der Waals surface area contributed by atoms with Gasteiger partial charge < -0.3 is 10.9 Å². The summed E-state index contributed by atoms with van der Waals surface area (Å²) in [5.41, 5.74) is 1.05. The minimum Gasteiger partial charge on any atom is -1.00 e. The van der Waals surface area contributed by atoms with Crippen LogP contribution in [0, 0.1) is 0 Å². The van der Waals surface area contributed by atoms with Gasteiger partial charge >= 0.3 is 18.9 Å². The molecule has 0 radical (unpaired) electrons. The molecule has 0 aliphatic heterocycles. The maximum atomic E-state index is 10.7. The van der Waals surface area contributed by atoms with Gasteiger partial charge in [0.25, 0.3) is 0 Å². The van der Waals surface area contributed by atoms with Gasteiger partial charge in [0.2, 0.25) is 0 Å². The summed E-state index contributed by atoms with van der Waals surface area (Å²) < 4.78 is 19.6. The summed E-state index contributed by atoms with van der Waals surface area (Å²) >= 11 is -1.87. The zero-order valence-electron chi connectivity index (χ0n) is 9.73. The molecule has 0 bridgehead atoms. The molecule has 0 saturated heterocycles. The van der Waals surface area contributed by atoms with Gasteiger partial charge in [-0.3, -0.25) is 0 Å². The fraction of sp³-hybridized carbons (Fsp3) is 0.333. The van der Waals surface area contributed by atoms with Crippen molar-refractivity contribution < 1.29 is 29.0 Å². The van der Waals surface area contributed by atoms with Crippen LogP contribution in [0.15, 0.2) is 29.2 Å². The van der Waals surface area contributed by atoms with E-state index >= 15 is 0 Å². The van der Waals surface area contributed by atoms with Crippen LogP contribution in [-0.2, 0) is 17.6 Å². The van der Waals surface area contributed by atoms with Gasteiger partial charge in [0, 0.05) is 6.54 Å². The van der Waals surface area contributed by atoms with E-state index in [1.807, 2.05) is 25.1 Å². The molecule has 1 N–H and O–H groups in total. The van der Waals surface area contributed by atoms with E-state index in [1.54, 1.807) is 18.2 Å². The van der Waals surface area contributed by atoms with Crippen molar-refractivity contribution >= 4 is 11.1 Å². The number of hydrogen-bond donors (Lipinski definition) is 1. The first-order valence-electron chi connectivity index (χ1n) is 3.94. The molecule has 3 nitrogen and oxygen atoms in total. The zero-order chi connectivity index (χ0) is 9.84. The average molecular weight is 207 g/mol. The average Bonchev–Trinajstić information content (AvgIpc) is 2.03. The van der Waals surface area contributed by atoms with Crippen molar-refractivity contribution in [2.45, 2.75) is 11.4 Å². The summed E-state index contributed by atoms with van der Waals surface area (Å²) in [4.78, 5) is 2.47. The van der Waals surface area contributed by atoms with Crippen molar-refractivity contribution in [3.63, 3.8) is 0 Å². The van der Waals surface area contributed by atoms with E-state index in [0.717, 1.165) is 12.1 Å². The fourth-order valence-electron chi connectivity index (χ4n) is 1.12. The molecule has 0 spiro atoms. The number of hydrogen-bond acceptors (Lipinski definition) is 2. The van der Waals surface area contributed by atoms with Gasteiger partial charge in [-0.15, -0.1) is 0 Å². The van der Waals surface area contributed by atoms with Crippen molar-refractivity contribution in [1.82, 2.24) is 4.90 Å². The summed E-state index contributed by atoms with van der Waals surface area (Å²) in [6, 6.07) is 7.13. The first-order chi connectivity index (χ1) is 6.09. The number of nitrogens with zero attached hydrogens (tertiary/aromatic N) is 1. The Morgan fingerprint density at radius 3 is 2.64 bits per heavy atom. The van der Waals surface area contributed by atoms with E-state index in [4.69, 9.17) is 4.55 Å². The third-order valence-corrected chi connectivity index (χ3v) is 2.26. The molecule has 0 saturated carbocycles. The summed E-state index contributed by atoms with van der Waals surface area (Å²) in [6.07, 6.45) is 0. The van der Waals surface area contributed by atoms with Crippen molar-refractivity contribution in [2.75, 3.05) is 14.1 Å². The minimum atomic E-state index is -1.87. The third kappa shape index (κ3) is 4.40. The Morgan fingerprint density at radius 2 is 2.14 bits per heavy atom. The summed E-state index contributed by atoms with van der Waals surface area (Å²) in [6.45, 7) is 0.783. The molecule has 0 aliphatic carbocycles. The van der Waals surface area contributed by atoms with E-state index in [1.165, 1.54) is 0 Å². The molecule has 0 fully saturated rings. The molecule has 74 valence electrons. The van der Waals surface area contributed by atoms with Gasteiger partial charge in [-0.2, -0.15) is 0 Å². The Labute approximate surface area is 100 Å². The Balaban J connectivity index is 0. The molecule has 1 aromatic carbocycles. The molecule has 0 heterocycles. The SMILES string of the molecule is CN(C)Cc1cccc(S(=O)O)c1.[H-].[Li+]. The second-order valence-corrected chi connectivity index (χ2v) is 4.10. The largest absolute Gasteiger partial charge is 1.00 e. The molecule has 0 amide bonds. The number of benzene rings is 1. The van der Waals surface area contributed by atoms with Gasteiger partial charge in [-0.05, 0) is 31.8 Å². The maximum Gasteiger partial charge on any atom is 1.00 e. The molecule has 0 aromatic heterocycles. The second-order valence-electron chi connectivity index (χ2n) is 3.13. The van der Waals surface area contributed by atoms with Gasteiger partial charge in [-0.25, -0.2) is 4.21 Å². The Kier molecular flexibility index (Phi) is 6.33. The van der Waals surface area contributed by atoms with E-state index < -0.39 is 11.1 Å². The standard InChI is InChI=1S/C9H13NO2S.Li.H/c1-10(2)7-8-4-3-5-9(6-8)13(11)12;;/h3-6H,7H2,1-2H3,(H,11,12);;/q;+1;-1. The van der Waals surface area contributed by atoms with Gasteiger partial charge in [0.15, 0.2) is 11.1 Å². The van der Waals surface area contributed by atoms with Crippen LogP contribution in [0.5, 0.6) is 0 Å². The molecule has 1 rings (SSSR count). The predicted octanol–water partition coefficient (Wildman–Crippen LogP) is -1.55. The summed E-state index contributed by atoms with van der Waals surface area (Å²) in [5, 5.41) is 0. The Morgan fingerprint density at radius 1 is 1.50 bits per heavy atom. The third-order valence-electron chi connectivity index (χ3n) is 1.60. The topological polar surface area (TPSA) is 40.5 Å². The van der Waals surface area contributed by atoms with Crippen molar-refractivity contribution in [3.8, 4) is 0 Å². The molecule has 1 aromatic rings. The molecule has 1 atom stereocenters. The van der Waals surface area contributed by atoms with Crippen LogP contribution < -0.4 is 18.9 Å². The first-order valence-corrected chi connectivity index (χ1v) is 5.05. The van der Waals surface area contributed by atoms with Crippen LogP contribution in [0.1, 0.15) is 6.99 Å². The molecule has 5 heteroatoms. The van der Waals surface area contributed by atoms with Crippen LogP contribution in [0.2, 0.25) is 0 Å². The first kappa shape index (κ1) is 13.9. The number of rotatable bonds is 3. The van der Waals surface area contributed by atoms with Crippen LogP contribution in [0.25, 0.3) is 0 Å². The predicted molar refractivity (Wildman–Crippen MR) is 54.0 cm³/mol. The van der Waals surface area contributed by atoms with E-state index in [9.17, 15) is 4.21 Å². The van der Waals surface area contributed by atoms with E-state index in [0.29, 0.717) is 4.90 Å². The van der Waals surface area contributed by atoms with Crippen LogP contribution in [0.4, 0.5) is 0 Å². The normalized spacial score (nSPS) is 12.3. The van der Waals surface area contributed by atoms with Crippen molar-refractivity contribution in [3.05, 3.63) is 29.8 Å². The summed E-state index contributed by atoms with van der Waals surface area (Å²) in [7, 11) is 3.92. The molecular weight excluding hydrogens is 193 g/mol. The molecule has 14 heavy (non-hydrogen) atoms. The van der Waals surface area contributed by atoms with Crippen molar-refractivity contribution in [2.24, 2.45) is 0 Å². The molecule has 1 unspecified atom stereocenters. The van der Waals surface area contributed by atoms with Gasteiger partial charge in [-0.1, -0.05) is 12.1 Å². The van der Waals surface area contributed by atoms with Gasteiger partial charge in [0.05, 0.1) is 4.90 Å². The van der Waals surface area contributed by atoms with E-state index in [-0.39, 0.29) is 20.3 Å². The summed E-state index contributed by atoms with van der Waals surface area (Å²) in [5.74, 6) is 0. The van der Waals surface area contributed by atoms with Crippen LogP contribution in [0.3, 0.4) is 0 Å². The van der Waals surface area contributed by atoms with Crippen LogP contribution in [-0.4, -0.2) is 27.8 Å². The van der Waals surface area contributed by atoms with E-state index in [2.05, 4.69) is 0 Å². The monoisotopic (exact) mass is 207 g/mol. The molecular formula is C9H14LiNO2S. The zero-order valence-corrected chi connectivity index (χ0v) is 9.54. The fourth-order valence-corrected chi connectivity index (χ4v) is 1.56. The smallest absolute Gasteiger partial charge is 1.00 e.